The van der Waals surface area contributed by atoms with Crippen LogP contribution in [0.4, 0.5) is 0 Å². The van der Waals surface area contributed by atoms with Crippen molar-refractivity contribution < 1.29 is 4.79 Å². The zero-order valence-electron chi connectivity index (χ0n) is 7.83. The van der Waals surface area contributed by atoms with Gasteiger partial charge in [0.15, 0.2) is 5.78 Å². The summed E-state index contributed by atoms with van der Waals surface area (Å²) in [5, 5.41) is 8.71. The van der Waals surface area contributed by atoms with Gasteiger partial charge in [0.1, 0.15) is 0 Å². The third-order valence-electron chi connectivity index (χ3n) is 2.02. The Bertz CT molecular complexity index is 381. The largest absolute Gasteiger partial charge is 0.293 e. The van der Waals surface area contributed by atoms with Crippen molar-refractivity contribution in [1.29, 1.82) is 5.26 Å². The molecule has 3 heteroatoms. The molecule has 1 aromatic carbocycles. The van der Waals surface area contributed by atoms with Gasteiger partial charge in [-0.05, 0) is 18.6 Å². The van der Waals surface area contributed by atoms with Gasteiger partial charge in [-0.3, -0.25) is 4.79 Å². The smallest absolute Gasteiger partial charge is 0.177 e. The summed E-state index contributed by atoms with van der Waals surface area (Å²) in [7, 11) is 0. The number of hydrogen-bond acceptors (Lipinski definition) is 2. The SMILES string of the molecule is CC(C#N)c1cccc(C(=O)CCl)c1. The standard InChI is InChI=1S/C11H10ClNO/c1-8(7-13)9-3-2-4-10(5-9)11(14)6-12/h2-5,8H,6H2,1H3. The molecule has 14 heavy (non-hydrogen) atoms. The minimum atomic E-state index is -0.196. The van der Waals surface area contributed by atoms with Crippen molar-refractivity contribution in [2.45, 2.75) is 12.8 Å². The molecular weight excluding hydrogens is 198 g/mol. The number of ketones is 1. The summed E-state index contributed by atoms with van der Waals surface area (Å²) < 4.78 is 0. The monoisotopic (exact) mass is 207 g/mol. The number of carbonyl (C=O) groups is 1. The number of halogens is 1. The molecule has 0 radical (unpaired) electrons. The molecule has 0 aliphatic carbocycles. The number of carbonyl (C=O) groups excluding carboxylic acids is 1. The second-order valence-corrected chi connectivity index (χ2v) is 3.30. The van der Waals surface area contributed by atoms with Gasteiger partial charge < -0.3 is 0 Å². The molecule has 2 nitrogen and oxygen atoms in total. The first-order valence-corrected chi connectivity index (χ1v) is 4.81. The summed E-state index contributed by atoms with van der Waals surface area (Å²) in [6, 6.07) is 9.15. The summed E-state index contributed by atoms with van der Waals surface area (Å²) in [6.07, 6.45) is 0. The first-order chi connectivity index (χ1) is 6.69. The highest BCUT2D eigenvalue weighted by Gasteiger charge is 2.08. The predicted molar refractivity (Wildman–Crippen MR) is 55.5 cm³/mol. The van der Waals surface area contributed by atoms with Crippen molar-refractivity contribution >= 4 is 17.4 Å². The Morgan fingerprint density at radius 2 is 2.36 bits per heavy atom. The average Bonchev–Trinajstić information content (AvgIpc) is 2.27. The van der Waals surface area contributed by atoms with Gasteiger partial charge in [0, 0.05) is 5.56 Å². The van der Waals surface area contributed by atoms with Crippen LogP contribution in [0.3, 0.4) is 0 Å². The molecule has 0 aromatic heterocycles. The lowest BCUT2D eigenvalue weighted by Gasteiger charge is -2.04. The van der Waals surface area contributed by atoms with Gasteiger partial charge in [-0.15, -0.1) is 11.6 Å². The summed E-state index contributed by atoms with van der Waals surface area (Å²) in [4.78, 5) is 11.3. The van der Waals surface area contributed by atoms with E-state index in [1.54, 1.807) is 25.1 Å². The second-order valence-electron chi connectivity index (χ2n) is 3.03. The van der Waals surface area contributed by atoms with Crippen LogP contribution >= 0.6 is 11.6 Å². The van der Waals surface area contributed by atoms with Gasteiger partial charge in [0.05, 0.1) is 17.9 Å². The Hall–Kier alpha value is -1.33. The maximum Gasteiger partial charge on any atom is 0.177 e. The van der Waals surface area contributed by atoms with E-state index in [1.165, 1.54) is 0 Å². The van der Waals surface area contributed by atoms with Crippen LogP contribution in [0.1, 0.15) is 28.8 Å². The summed E-state index contributed by atoms with van der Waals surface area (Å²) in [5.74, 6) is -0.332. The predicted octanol–water partition coefficient (Wildman–Crippen LogP) is 2.74. The highest BCUT2D eigenvalue weighted by molar-refractivity contribution is 6.30. The quantitative estimate of drug-likeness (QED) is 0.565. The number of nitriles is 1. The minimum absolute atomic E-state index is 0.0234. The molecule has 0 N–H and O–H groups in total. The molecule has 0 saturated heterocycles. The minimum Gasteiger partial charge on any atom is -0.293 e. The Morgan fingerprint density at radius 1 is 1.64 bits per heavy atom. The molecule has 1 atom stereocenters. The van der Waals surface area contributed by atoms with E-state index in [0.29, 0.717) is 5.56 Å². The molecule has 0 spiro atoms. The fraction of sp³-hybridized carbons (Fsp3) is 0.273. The van der Waals surface area contributed by atoms with E-state index >= 15 is 0 Å². The lowest BCUT2D eigenvalue weighted by molar-refractivity contribution is 0.102. The van der Waals surface area contributed by atoms with Crippen LogP contribution in [0, 0.1) is 11.3 Å². The third-order valence-corrected chi connectivity index (χ3v) is 2.27. The average molecular weight is 208 g/mol. The highest BCUT2D eigenvalue weighted by Crippen LogP contribution is 2.16. The van der Waals surface area contributed by atoms with Crippen molar-refractivity contribution in [3.05, 3.63) is 35.4 Å². The fourth-order valence-corrected chi connectivity index (χ4v) is 1.29. The number of rotatable bonds is 3. The van der Waals surface area contributed by atoms with Crippen molar-refractivity contribution in [2.24, 2.45) is 0 Å². The Labute approximate surface area is 88.1 Å². The topological polar surface area (TPSA) is 40.9 Å². The zero-order chi connectivity index (χ0) is 10.6. The molecule has 0 aliphatic heterocycles. The van der Waals surface area contributed by atoms with Gasteiger partial charge in [0.25, 0.3) is 0 Å². The Kier molecular flexibility index (Phi) is 3.67. The molecular formula is C11H10ClNO. The number of Topliss-reactive ketones (excluding diaryl/α,β-unsaturated/α-hetero) is 1. The van der Waals surface area contributed by atoms with E-state index in [-0.39, 0.29) is 17.6 Å². The highest BCUT2D eigenvalue weighted by atomic mass is 35.5. The lowest BCUT2D eigenvalue weighted by atomic mass is 9.99. The molecule has 0 amide bonds. The zero-order valence-corrected chi connectivity index (χ0v) is 8.58. The number of nitrogens with zero attached hydrogens (tertiary/aromatic N) is 1. The first kappa shape index (κ1) is 10.7. The van der Waals surface area contributed by atoms with E-state index in [9.17, 15) is 4.79 Å². The van der Waals surface area contributed by atoms with Crippen LogP contribution in [-0.2, 0) is 0 Å². The maximum absolute atomic E-state index is 11.3. The third kappa shape index (κ3) is 2.34. The van der Waals surface area contributed by atoms with Crippen molar-refractivity contribution in [3.63, 3.8) is 0 Å². The van der Waals surface area contributed by atoms with E-state index in [1.807, 2.05) is 6.07 Å². The molecule has 0 fully saturated rings. The number of hydrogen-bond donors (Lipinski definition) is 0. The molecule has 0 heterocycles. The van der Waals surface area contributed by atoms with E-state index in [0.717, 1.165) is 5.56 Å². The van der Waals surface area contributed by atoms with Crippen molar-refractivity contribution in [2.75, 3.05) is 5.88 Å². The van der Waals surface area contributed by atoms with Crippen molar-refractivity contribution in [1.82, 2.24) is 0 Å². The van der Waals surface area contributed by atoms with Gasteiger partial charge in [-0.1, -0.05) is 18.2 Å². The molecule has 0 aliphatic rings. The summed E-state index contributed by atoms with van der Waals surface area (Å²) in [6.45, 7) is 1.80. The van der Waals surface area contributed by atoms with Crippen molar-refractivity contribution in [3.8, 4) is 6.07 Å². The first-order valence-electron chi connectivity index (χ1n) is 4.27. The molecule has 0 saturated carbocycles. The van der Waals surface area contributed by atoms with Crippen LogP contribution in [0.25, 0.3) is 0 Å². The summed E-state index contributed by atoms with van der Waals surface area (Å²) in [5.41, 5.74) is 1.42. The van der Waals surface area contributed by atoms with Crippen LogP contribution in [0.15, 0.2) is 24.3 Å². The van der Waals surface area contributed by atoms with E-state index in [4.69, 9.17) is 16.9 Å². The lowest BCUT2D eigenvalue weighted by Crippen LogP contribution is -2.01. The summed E-state index contributed by atoms with van der Waals surface area (Å²) >= 11 is 5.44. The van der Waals surface area contributed by atoms with E-state index in [2.05, 4.69) is 6.07 Å². The van der Waals surface area contributed by atoms with Gasteiger partial charge in [0.2, 0.25) is 0 Å². The van der Waals surface area contributed by atoms with E-state index < -0.39 is 0 Å². The number of alkyl halides is 1. The fourth-order valence-electron chi connectivity index (χ4n) is 1.13. The van der Waals surface area contributed by atoms with Crippen LogP contribution in [0.5, 0.6) is 0 Å². The molecule has 0 bridgehead atoms. The second kappa shape index (κ2) is 4.78. The van der Waals surface area contributed by atoms with Gasteiger partial charge in [-0.2, -0.15) is 5.26 Å². The van der Waals surface area contributed by atoms with Crippen LogP contribution in [0.2, 0.25) is 0 Å². The number of benzene rings is 1. The molecule has 1 rings (SSSR count). The molecule has 1 unspecified atom stereocenters. The van der Waals surface area contributed by atoms with Gasteiger partial charge in [-0.25, -0.2) is 0 Å². The molecule has 1 aromatic rings. The van der Waals surface area contributed by atoms with Crippen LogP contribution < -0.4 is 0 Å². The maximum atomic E-state index is 11.3. The normalized spacial score (nSPS) is 11.8. The van der Waals surface area contributed by atoms with Crippen LogP contribution in [-0.4, -0.2) is 11.7 Å². The Morgan fingerprint density at radius 3 is 2.93 bits per heavy atom. The van der Waals surface area contributed by atoms with Gasteiger partial charge >= 0.3 is 0 Å². The Balaban J connectivity index is 3.02. The molecule has 72 valence electrons.